The largest absolute Gasteiger partial charge is 0.494 e. The number of aromatic nitrogens is 5. The lowest BCUT2D eigenvalue weighted by atomic mass is 10.0. The summed E-state index contributed by atoms with van der Waals surface area (Å²) in [6.07, 6.45) is 5.03. The topological polar surface area (TPSA) is 130 Å². The van der Waals surface area contributed by atoms with Crippen LogP contribution >= 0.6 is 0 Å². The Balaban J connectivity index is 1.48. The second kappa shape index (κ2) is 8.87. The smallest absolute Gasteiger partial charge is 0.295 e. The summed E-state index contributed by atoms with van der Waals surface area (Å²) in [5.74, 6) is 0.0554. The molecule has 1 aliphatic rings. The van der Waals surface area contributed by atoms with Crippen LogP contribution in [0, 0.1) is 18.3 Å². The molecule has 0 radical (unpaired) electrons. The van der Waals surface area contributed by atoms with E-state index >= 15 is 0 Å². The van der Waals surface area contributed by atoms with E-state index in [4.69, 9.17) is 4.74 Å². The molecule has 1 amide bonds. The van der Waals surface area contributed by atoms with Crippen LogP contribution in [0.4, 0.5) is 0 Å². The van der Waals surface area contributed by atoms with Crippen molar-refractivity contribution in [3.05, 3.63) is 71.6 Å². The second-order valence-electron chi connectivity index (χ2n) is 8.10. The summed E-state index contributed by atoms with van der Waals surface area (Å²) in [6.45, 7) is 2.35. The lowest BCUT2D eigenvalue weighted by Gasteiger charge is -2.14. The Bertz CT molecular complexity index is 1530. The maximum absolute atomic E-state index is 13.3. The maximum atomic E-state index is 13.3. The summed E-state index contributed by atoms with van der Waals surface area (Å²) >= 11 is 0. The van der Waals surface area contributed by atoms with Gasteiger partial charge in [-0.25, -0.2) is 14.6 Å². The van der Waals surface area contributed by atoms with Gasteiger partial charge in [-0.15, -0.1) is 0 Å². The molecule has 4 heterocycles. The number of amides is 1. The Kier molecular flexibility index (Phi) is 5.58. The van der Waals surface area contributed by atoms with Gasteiger partial charge in [0.15, 0.2) is 5.82 Å². The number of nitrogens with one attached hydrogen (secondary N) is 1. The molecule has 10 nitrogen and oxygen atoms in total. The van der Waals surface area contributed by atoms with Crippen molar-refractivity contribution in [2.45, 2.75) is 13.3 Å². The number of carbonyl (C=O) groups is 2. The van der Waals surface area contributed by atoms with Crippen LogP contribution in [0.3, 0.4) is 0 Å². The summed E-state index contributed by atoms with van der Waals surface area (Å²) in [5, 5.41) is 14.4. The maximum Gasteiger partial charge on any atom is 0.295 e. The molecular formula is C25H21N7O3. The fourth-order valence-corrected chi connectivity index (χ4v) is 4.31. The van der Waals surface area contributed by atoms with Gasteiger partial charge in [-0.05, 0) is 24.5 Å². The number of pyridine rings is 1. The van der Waals surface area contributed by atoms with Crippen molar-refractivity contribution < 1.29 is 14.3 Å². The normalized spacial score (nSPS) is 14.7. The minimum atomic E-state index is -0.666. The number of ether oxygens (including phenoxy) is 1. The predicted octanol–water partition coefficient (Wildman–Crippen LogP) is 2.85. The van der Waals surface area contributed by atoms with E-state index in [-0.39, 0.29) is 12.1 Å². The Morgan fingerprint density at radius 2 is 2.00 bits per heavy atom. The number of benzene rings is 1. The molecule has 0 unspecified atom stereocenters. The minimum Gasteiger partial charge on any atom is -0.494 e. The Morgan fingerprint density at radius 3 is 2.69 bits per heavy atom. The quantitative estimate of drug-likeness (QED) is 0.271. The average molecular weight is 467 g/mol. The first-order chi connectivity index (χ1) is 17.0. The van der Waals surface area contributed by atoms with E-state index in [1.165, 1.54) is 35.4 Å². The van der Waals surface area contributed by atoms with Crippen molar-refractivity contribution in [1.29, 1.82) is 5.26 Å². The molecule has 1 aliphatic heterocycles. The first-order valence-corrected chi connectivity index (χ1v) is 11.0. The van der Waals surface area contributed by atoms with Crippen molar-refractivity contribution in [2.24, 2.45) is 0 Å². The third kappa shape index (κ3) is 3.83. The number of fused-ring (bicyclic) bond motifs is 1. The molecule has 0 bridgehead atoms. The molecule has 1 N–H and O–H groups in total. The fourth-order valence-electron chi connectivity index (χ4n) is 4.31. The molecule has 0 saturated carbocycles. The lowest BCUT2D eigenvalue weighted by molar-refractivity contribution is -0.125. The Morgan fingerprint density at radius 1 is 1.20 bits per heavy atom. The summed E-state index contributed by atoms with van der Waals surface area (Å²) in [4.78, 5) is 39.6. The Hall–Kier alpha value is -4.78. The number of carbonyl (C=O) groups excluding carboxylic acids is 2. The number of H-pyrrole nitrogens is 1. The number of nitriles is 1. The van der Waals surface area contributed by atoms with E-state index < -0.39 is 11.7 Å². The number of rotatable bonds is 5. The molecule has 5 rings (SSSR count). The van der Waals surface area contributed by atoms with E-state index in [0.29, 0.717) is 46.8 Å². The van der Waals surface area contributed by atoms with Crippen LogP contribution in [0.15, 0.2) is 54.6 Å². The van der Waals surface area contributed by atoms with Crippen molar-refractivity contribution >= 4 is 28.2 Å². The molecule has 1 saturated heterocycles. The van der Waals surface area contributed by atoms with Crippen LogP contribution in [0.2, 0.25) is 0 Å². The van der Waals surface area contributed by atoms with E-state index in [2.05, 4.69) is 26.1 Å². The first kappa shape index (κ1) is 22.0. The lowest BCUT2D eigenvalue weighted by Crippen LogP contribution is -2.34. The van der Waals surface area contributed by atoms with Crippen LogP contribution in [-0.2, 0) is 4.79 Å². The molecule has 0 spiro atoms. The second-order valence-corrected chi connectivity index (χ2v) is 8.10. The molecular weight excluding hydrogens is 446 g/mol. The summed E-state index contributed by atoms with van der Waals surface area (Å²) in [5.41, 5.74) is 2.87. The van der Waals surface area contributed by atoms with Crippen LogP contribution in [0.25, 0.3) is 22.3 Å². The number of allylic oxidation sites excluding steroid dienone is 1. The van der Waals surface area contributed by atoms with Gasteiger partial charge in [0.05, 0.1) is 41.4 Å². The highest BCUT2D eigenvalue weighted by molar-refractivity contribution is 6.45. The molecule has 10 heteroatoms. The highest BCUT2D eigenvalue weighted by atomic mass is 16.5. The van der Waals surface area contributed by atoms with Gasteiger partial charge in [-0.2, -0.15) is 10.4 Å². The van der Waals surface area contributed by atoms with Crippen molar-refractivity contribution in [1.82, 2.24) is 29.6 Å². The highest BCUT2D eigenvalue weighted by Crippen LogP contribution is 2.32. The van der Waals surface area contributed by atoms with Gasteiger partial charge in [-0.1, -0.05) is 30.3 Å². The minimum absolute atomic E-state index is 0.184. The van der Waals surface area contributed by atoms with Gasteiger partial charge in [0.2, 0.25) is 0 Å². The van der Waals surface area contributed by atoms with Gasteiger partial charge in [0, 0.05) is 19.3 Å². The fraction of sp³-hybridized carbons (Fsp3) is 0.200. The summed E-state index contributed by atoms with van der Waals surface area (Å²) in [7, 11) is 1.48. The van der Waals surface area contributed by atoms with E-state index in [0.717, 1.165) is 11.1 Å². The Labute approximate surface area is 200 Å². The number of methoxy groups -OCH3 is 1. The zero-order chi connectivity index (χ0) is 24.5. The third-order valence-corrected chi connectivity index (χ3v) is 6.02. The molecule has 3 aromatic heterocycles. The molecule has 174 valence electrons. The van der Waals surface area contributed by atoms with Crippen molar-refractivity contribution in [3.8, 4) is 17.6 Å². The number of aryl methyl sites for hydroxylation is 1. The number of hydrogen-bond donors (Lipinski definition) is 1. The third-order valence-electron chi connectivity index (χ3n) is 6.02. The monoisotopic (exact) mass is 467 g/mol. The first-order valence-electron chi connectivity index (χ1n) is 11.0. The van der Waals surface area contributed by atoms with Gasteiger partial charge in [0.1, 0.15) is 17.9 Å². The average Bonchev–Trinajstić information content (AvgIpc) is 3.64. The number of likely N-dealkylation sites (tertiary alicyclic amines) is 1. The van der Waals surface area contributed by atoms with E-state index in [9.17, 15) is 14.9 Å². The molecule has 1 fully saturated rings. The molecule has 4 aromatic rings. The standard InChI is InChI=1S/C25H21N7O3/c1-15-29-14-32(30-15)24-22-21(20(35-2)12-28-24)19(11-27-22)23(33)25(34)31-9-8-17(13-31)18(10-26)16-6-4-3-5-7-16/h3-7,11-12,14,27H,8-9,13H2,1-2H3/b18-17+. The van der Waals surface area contributed by atoms with Crippen LogP contribution < -0.4 is 4.74 Å². The van der Waals surface area contributed by atoms with Crippen LogP contribution in [-0.4, -0.2) is 61.5 Å². The molecule has 35 heavy (non-hydrogen) atoms. The SMILES string of the molecule is COc1cnc(-n2cnc(C)n2)c2[nH]cc(C(=O)C(=O)N3CC/C(=C(/C#N)c4ccccc4)C3)c12. The van der Waals surface area contributed by atoms with Crippen molar-refractivity contribution in [3.63, 3.8) is 0 Å². The van der Waals surface area contributed by atoms with Gasteiger partial charge < -0.3 is 14.6 Å². The molecule has 0 aliphatic carbocycles. The summed E-state index contributed by atoms with van der Waals surface area (Å²) in [6, 6.07) is 11.6. The molecule has 1 aromatic carbocycles. The zero-order valence-corrected chi connectivity index (χ0v) is 19.1. The number of hydrogen-bond acceptors (Lipinski definition) is 7. The molecule has 0 atom stereocenters. The highest BCUT2D eigenvalue weighted by Gasteiger charge is 2.32. The van der Waals surface area contributed by atoms with Crippen LogP contribution in [0.1, 0.15) is 28.2 Å². The predicted molar refractivity (Wildman–Crippen MR) is 127 cm³/mol. The number of aromatic amines is 1. The number of ketones is 1. The number of Topliss-reactive ketones (excluding diaryl/α,β-unsaturated/α-hetero) is 1. The van der Waals surface area contributed by atoms with Gasteiger partial charge in [0.25, 0.3) is 11.7 Å². The van der Waals surface area contributed by atoms with Crippen LogP contribution in [0.5, 0.6) is 5.75 Å². The summed E-state index contributed by atoms with van der Waals surface area (Å²) < 4.78 is 6.94. The van der Waals surface area contributed by atoms with Crippen molar-refractivity contribution in [2.75, 3.05) is 20.2 Å². The van der Waals surface area contributed by atoms with E-state index in [1.807, 2.05) is 30.3 Å². The zero-order valence-electron chi connectivity index (χ0n) is 19.1. The van der Waals surface area contributed by atoms with Gasteiger partial charge in [-0.3, -0.25) is 9.59 Å². The number of nitrogens with zero attached hydrogens (tertiary/aromatic N) is 6. The van der Waals surface area contributed by atoms with Gasteiger partial charge >= 0.3 is 0 Å². The van der Waals surface area contributed by atoms with E-state index in [1.54, 1.807) is 6.92 Å².